The molecule has 1 aromatic heterocycles. The van der Waals surface area contributed by atoms with Crippen molar-refractivity contribution in [1.29, 1.82) is 0 Å². The minimum absolute atomic E-state index is 0.0265. The summed E-state index contributed by atoms with van der Waals surface area (Å²) >= 11 is 0. The number of nitrogens with zero attached hydrogens (tertiary/aromatic N) is 2. The van der Waals surface area contributed by atoms with Gasteiger partial charge in [-0.25, -0.2) is 4.98 Å². The molecule has 0 N–H and O–H groups in total. The fourth-order valence-electron chi connectivity index (χ4n) is 2.21. The topological polar surface area (TPSA) is 44.1 Å². The molecule has 1 aromatic carbocycles. The van der Waals surface area contributed by atoms with Crippen molar-refractivity contribution in [3.05, 3.63) is 48.5 Å². The lowest BCUT2D eigenvalue weighted by Gasteiger charge is -2.10. The Morgan fingerprint density at radius 1 is 1.33 bits per heavy atom. The van der Waals surface area contributed by atoms with Gasteiger partial charge in [-0.2, -0.15) is 0 Å². The van der Waals surface area contributed by atoms with Crippen molar-refractivity contribution in [1.82, 2.24) is 9.55 Å². The molecule has 4 heteroatoms. The molecule has 3 rings (SSSR count). The summed E-state index contributed by atoms with van der Waals surface area (Å²) in [5, 5.41) is 0. The van der Waals surface area contributed by atoms with Crippen LogP contribution in [0.25, 0.3) is 5.69 Å². The molecule has 4 nitrogen and oxygen atoms in total. The zero-order chi connectivity index (χ0) is 12.4. The van der Waals surface area contributed by atoms with Gasteiger partial charge in [0.05, 0.1) is 0 Å². The lowest BCUT2D eigenvalue weighted by atomic mass is 10.1. The first kappa shape index (κ1) is 11.2. The van der Waals surface area contributed by atoms with Crippen LogP contribution in [0, 0.1) is 0 Å². The van der Waals surface area contributed by atoms with Crippen LogP contribution in [-0.4, -0.2) is 28.0 Å². The van der Waals surface area contributed by atoms with Gasteiger partial charge in [-0.3, -0.25) is 9.36 Å². The first-order chi connectivity index (χ1) is 8.86. The molecule has 0 spiro atoms. The quantitative estimate of drug-likeness (QED) is 0.775. The van der Waals surface area contributed by atoms with Gasteiger partial charge >= 0.3 is 0 Å². The van der Waals surface area contributed by atoms with E-state index in [0.29, 0.717) is 12.4 Å². The Labute approximate surface area is 105 Å². The Morgan fingerprint density at radius 3 is 2.89 bits per heavy atom. The number of rotatable bonds is 3. The summed E-state index contributed by atoms with van der Waals surface area (Å²) in [6.45, 7) is 0.669. The maximum atomic E-state index is 12.3. The number of Topliss-reactive ketones (excluding diaryl/α,β-unsaturated/α-hetero) is 1. The number of carbonyl (C=O) groups excluding carboxylic acids is 1. The first-order valence-corrected chi connectivity index (χ1v) is 6.11. The van der Waals surface area contributed by atoms with Crippen LogP contribution in [0.4, 0.5) is 0 Å². The van der Waals surface area contributed by atoms with Crippen LogP contribution in [0.3, 0.4) is 0 Å². The highest BCUT2D eigenvalue weighted by atomic mass is 16.5. The number of ketones is 1. The monoisotopic (exact) mass is 242 g/mol. The molecule has 2 aromatic rings. The van der Waals surface area contributed by atoms with Crippen LogP contribution in [0.5, 0.6) is 0 Å². The molecule has 0 amide bonds. The number of benzene rings is 1. The fraction of sp³-hybridized carbons (Fsp3) is 0.286. The number of carbonyl (C=O) groups is 1. The molecule has 0 radical (unpaired) electrons. The van der Waals surface area contributed by atoms with Gasteiger partial charge in [0.15, 0.2) is 5.82 Å². The third-order valence-electron chi connectivity index (χ3n) is 3.12. The molecule has 18 heavy (non-hydrogen) atoms. The van der Waals surface area contributed by atoms with Crippen molar-refractivity contribution in [3.8, 4) is 5.69 Å². The van der Waals surface area contributed by atoms with Crippen LogP contribution in [0.15, 0.2) is 42.7 Å². The van der Waals surface area contributed by atoms with Gasteiger partial charge in [-0.05, 0) is 25.0 Å². The van der Waals surface area contributed by atoms with E-state index >= 15 is 0 Å². The number of hydrogen-bond donors (Lipinski definition) is 0. The average Bonchev–Trinajstić information content (AvgIpc) is 3.10. The Bertz CT molecular complexity index is 542. The van der Waals surface area contributed by atoms with Crippen molar-refractivity contribution in [2.75, 3.05) is 6.61 Å². The third kappa shape index (κ3) is 1.95. The number of imidazole rings is 1. The van der Waals surface area contributed by atoms with E-state index in [9.17, 15) is 4.79 Å². The van der Waals surface area contributed by atoms with Crippen LogP contribution < -0.4 is 0 Å². The van der Waals surface area contributed by atoms with E-state index < -0.39 is 0 Å². The second-order valence-corrected chi connectivity index (χ2v) is 4.32. The number of hydrogen-bond acceptors (Lipinski definition) is 3. The van der Waals surface area contributed by atoms with Crippen molar-refractivity contribution >= 4 is 5.78 Å². The molecule has 1 atom stereocenters. The van der Waals surface area contributed by atoms with Gasteiger partial charge in [-0.15, -0.1) is 0 Å². The molecular weight excluding hydrogens is 228 g/mol. The summed E-state index contributed by atoms with van der Waals surface area (Å²) < 4.78 is 7.24. The molecule has 1 aliphatic rings. The molecule has 1 fully saturated rings. The second-order valence-electron chi connectivity index (χ2n) is 4.32. The maximum absolute atomic E-state index is 12.3. The number of aromatic nitrogens is 2. The molecule has 1 saturated heterocycles. The predicted molar refractivity (Wildman–Crippen MR) is 66.9 cm³/mol. The molecule has 1 aliphatic heterocycles. The van der Waals surface area contributed by atoms with E-state index in [1.54, 1.807) is 12.4 Å². The summed E-state index contributed by atoms with van der Waals surface area (Å²) in [7, 11) is 0. The summed E-state index contributed by atoms with van der Waals surface area (Å²) in [5.74, 6) is 0.425. The zero-order valence-electron chi connectivity index (χ0n) is 9.95. The van der Waals surface area contributed by atoms with Gasteiger partial charge in [0.2, 0.25) is 5.78 Å². The van der Waals surface area contributed by atoms with Crippen LogP contribution in [0.2, 0.25) is 0 Å². The largest absolute Gasteiger partial charge is 0.370 e. The summed E-state index contributed by atoms with van der Waals surface area (Å²) in [6.07, 6.45) is 4.87. The van der Waals surface area contributed by atoms with Gasteiger partial charge in [0.25, 0.3) is 0 Å². The summed E-state index contributed by atoms with van der Waals surface area (Å²) in [4.78, 5) is 16.5. The summed E-state index contributed by atoms with van der Waals surface area (Å²) in [5.41, 5.74) is 0.941. The molecular formula is C14H14N2O2. The normalized spacial score (nSPS) is 19.0. The maximum Gasteiger partial charge on any atom is 0.227 e. The van der Waals surface area contributed by atoms with Crippen molar-refractivity contribution < 1.29 is 9.53 Å². The van der Waals surface area contributed by atoms with Crippen molar-refractivity contribution in [3.63, 3.8) is 0 Å². The lowest BCUT2D eigenvalue weighted by molar-refractivity contribution is 0.0630. The molecule has 0 bridgehead atoms. The zero-order valence-corrected chi connectivity index (χ0v) is 9.95. The highest BCUT2D eigenvalue weighted by molar-refractivity contribution is 5.97. The molecule has 0 unspecified atom stereocenters. The molecule has 0 saturated carbocycles. The Morgan fingerprint density at radius 2 is 2.17 bits per heavy atom. The van der Waals surface area contributed by atoms with Crippen LogP contribution >= 0.6 is 0 Å². The first-order valence-electron chi connectivity index (χ1n) is 6.11. The predicted octanol–water partition coefficient (Wildman–Crippen LogP) is 2.23. The van der Waals surface area contributed by atoms with E-state index in [0.717, 1.165) is 18.5 Å². The van der Waals surface area contributed by atoms with E-state index in [-0.39, 0.29) is 11.9 Å². The van der Waals surface area contributed by atoms with Crippen LogP contribution in [-0.2, 0) is 4.74 Å². The fourth-order valence-corrected chi connectivity index (χ4v) is 2.21. The van der Waals surface area contributed by atoms with E-state index in [4.69, 9.17) is 4.74 Å². The van der Waals surface area contributed by atoms with Crippen molar-refractivity contribution in [2.24, 2.45) is 0 Å². The summed E-state index contributed by atoms with van der Waals surface area (Å²) in [6, 6.07) is 9.73. The molecule has 92 valence electrons. The highest BCUT2D eigenvalue weighted by Gasteiger charge is 2.28. The lowest BCUT2D eigenvalue weighted by Crippen LogP contribution is -2.23. The minimum Gasteiger partial charge on any atom is -0.370 e. The van der Waals surface area contributed by atoms with Gasteiger partial charge in [-0.1, -0.05) is 18.2 Å². The smallest absolute Gasteiger partial charge is 0.227 e. The van der Waals surface area contributed by atoms with E-state index in [1.165, 1.54) is 0 Å². The molecule has 2 heterocycles. The highest BCUT2D eigenvalue weighted by Crippen LogP contribution is 2.18. The van der Waals surface area contributed by atoms with E-state index in [1.807, 2.05) is 34.9 Å². The standard InChI is InChI=1S/C14H14N2O2/c17-13(12-7-4-10-18-12)14-15-8-9-16(14)11-5-2-1-3-6-11/h1-3,5-6,8-9,12H,4,7,10H2/t12-/m1/s1. The second kappa shape index (κ2) is 4.74. The Hall–Kier alpha value is -1.94. The van der Waals surface area contributed by atoms with Gasteiger partial charge < -0.3 is 4.74 Å². The van der Waals surface area contributed by atoms with E-state index in [2.05, 4.69) is 4.98 Å². The molecule has 0 aliphatic carbocycles. The van der Waals surface area contributed by atoms with Crippen molar-refractivity contribution in [2.45, 2.75) is 18.9 Å². The van der Waals surface area contributed by atoms with Gasteiger partial charge in [0, 0.05) is 24.7 Å². The minimum atomic E-state index is -0.324. The Kier molecular flexibility index (Phi) is 2.94. The van der Waals surface area contributed by atoms with Gasteiger partial charge in [0.1, 0.15) is 6.10 Å². The average molecular weight is 242 g/mol. The Balaban J connectivity index is 1.94. The van der Waals surface area contributed by atoms with Crippen LogP contribution in [0.1, 0.15) is 23.5 Å². The number of para-hydroxylation sites is 1. The third-order valence-corrected chi connectivity index (χ3v) is 3.12. The SMILES string of the molecule is O=C(c1nccn1-c1ccccc1)[C@H]1CCCO1. The number of ether oxygens (including phenoxy) is 1.